The predicted molar refractivity (Wildman–Crippen MR) is 167 cm³/mol. The fourth-order valence-corrected chi connectivity index (χ4v) is 3.22. The molecule has 14 nitrogen and oxygen atoms in total. The van der Waals surface area contributed by atoms with E-state index in [0.29, 0.717) is 23.1 Å². The number of aliphatic imine (C=N–C) groups is 4. The van der Waals surface area contributed by atoms with Crippen molar-refractivity contribution < 1.29 is 9.90 Å². The SMILES string of the molecule is NC(=NCCCCCCN=C(N)N=C(N)Nc1ccc(Cl)cc1)N=C(N)Nc1ccc(Cl)cc1.O=C(O)n1cc[nH]1. The zero-order chi connectivity index (χ0) is 30.0. The number of nitrogens with one attached hydrogen (secondary N) is 3. The molecule has 3 aromatic rings. The first-order valence-corrected chi connectivity index (χ1v) is 13.2. The number of hydrogen-bond acceptors (Lipinski definition) is 3. The number of anilines is 2. The first-order valence-electron chi connectivity index (χ1n) is 12.4. The Morgan fingerprint density at radius 3 is 1.44 bits per heavy atom. The highest BCUT2D eigenvalue weighted by Gasteiger charge is 1.99. The summed E-state index contributed by atoms with van der Waals surface area (Å²) in [5, 5.41) is 17.6. The van der Waals surface area contributed by atoms with E-state index in [1.807, 2.05) is 0 Å². The normalized spacial score (nSPS) is 12.4. The van der Waals surface area contributed by atoms with Crippen molar-refractivity contribution in [2.75, 3.05) is 23.7 Å². The van der Waals surface area contributed by atoms with Gasteiger partial charge < -0.3 is 38.7 Å². The van der Waals surface area contributed by atoms with Gasteiger partial charge in [0.25, 0.3) is 0 Å². The fourth-order valence-electron chi connectivity index (χ4n) is 2.97. The lowest BCUT2D eigenvalue weighted by atomic mass is 10.2. The molecule has 12 N–H and O–H groups in total. The largest absolute Gasteiger partial charge is 0.463 e. The summed E-state index contributed by atoms with van der Waals surface area (Å²) in [6, 6.07) is 14.1. The summed E-state index contributed by atoms with van der Waals surface area (Å²) in [5.74, 6) is 0.564. The minimum atomic E-state index is -0.984. The molecule has 1 heterocycles. The number of nitrogens with zero attached hydrogens (tertiary/aromatic N) is 5. The number of rotatable bonds is 9. The molecule has 0 aliphatic rings. The average molecular weight is 606 g/mol. The van der Waals surface area contributed by atoms with Crippen LogP contribution < -0.4 is 33.6 Å². The standard InChI is InChI=1S/C22H30Cl2N10.C3H4N2O2/c23-15-5-9-17(10-6-15)31-21(27)33-19(25)29-13-3-1-2-4-14-30-20(26)34-22(28)32-18-11-7-16(24)8-12-18;6-3(7)5-2-1-4-5/h5-12H,1-4,13-14H2,(H5,25,27,29,31,33)(H5,26,28,30,32,34);1-2,4H,(H,6,7). The van der Waals surface area contributed by atoms with Gasteiger partial charge in [-0.1, -0.05) is 36.0 Å². The second-order valence-electron chi connectivity index (χ2n) is 8.25. The van der Waals surface area contributed by atoms with Crippen LogP contribution in [-0.4, -0.2) is 57.9 Å². The molecule has 0 spiro atoms. The van der Waals surface area contributed by atoms with Gasteiger partial charge >= 0.3 is 6.09 Å². The smallest absolute Gasteiger partial charge is 0.430 e. The van der Waals surface area contributed by atoms with Gasteiger partial charge in [-0.2, -0.15) is 14.7 Å². The average Bonchev–Trinajstić information content (AvgIpc) is 2.87. The van der Waals surface area contributed by atoms with Crippen LogP contribution in [0.15, 0.2) is 80.9 Å². The Labute approximate surface area is 247 Å². The fraction of sp³-hybridized carbons (Fsp3) is 0.240. The van der Waals surface area contributed by atoms with Crippen LogP contribution in [0.25, 0.3) is 0 Å². The Morgan fingerprint density at radius 1 is 0.756 bits per heavy atom. The summed E-state index contributed by atoms with van der Waals surface area (Å²) in [4.78, 5) is 26.3. The van der Waals surface area contributed by atoms with Crippen molar-refractivity contribution in [3.63, 3.8) is 0 Å². The zero-order valence-electron chi connectivity index (χ0n) is 22.2. The molecule has 0 bridgehead atoms. The first kappa shape index (κ1) is 32.5. The van der Waals surface area contributed by atoms with Crippen molar-refractivity contribution in [2.24, 2.45) is 42.9 Å². The van der Waals surface area contributed by atoms with Crippen molar-refractivity contribution in [1.82, 2.24) is 9.78 Å². The number of carboxylic acid groups (broad SMARTS) is 1. The van der Waals surface area contributed by atoms with Gasteiger partial charge in [-0.05, 0) is 61.4 Å². The molecule has 0 radical (unpaired) electrons. The second kappa shape index (κ2) is 17.8. The number of unbranched alkanes of at least 4 members (excludes halogenated alkanes) is 3. The topological polar surface area (TPSA) is 236 Å². The molecule has 0 saturated heterocycles. The molecular formula is C25H34Cl2N12O2. The van der Waals surface area contributed by atoms with Gasteiger partial charge in [0.1, 0.15) is 0 Å². The second-order valence-corrected chi connectivity index (χ2v) is 9.12. The van der Waals surface area contributed by atoms with Gasteiger partial charge in [-0.3, -0.25) is 15.1 Å². The van der Waals surface area contributed by atoms with Crippen LogP contribution in [0.1, 0.15) is 25.7 Å². The maximum absolute atomic E-state index is 9.79. The van der Waals surface area contributed by atoms with Crippen LogP contribution >= 0.6 is 23.2 Å². The monoisotopic (exact) mass is 604 g/mol. The molecule has 0 saturated carbocycles. The van der Waals surface area contributed by atoms with E-state index in [1.54, 1.807) is 48.5 Å². The molecular weight excluding hydrogens is 571 g/mol. The summed E-state index contributed by atoms with van der Waals surface area (Å²) >= 11 is 11.7. The van der Waals surface area contributed by atoms with Crippen molar-refractivity contribution in [3.8, 4) is 0 Å². The number of H-pyrrole nitrogens is 1. The summed E-state index contributed by atoms with van der Waals surface area (Å²) in [7, 11) is 0. The lowest BCUT2D eigenvalue weighted by Gasteiger charge is -2.05. The molecule has 41 heavy (non-hydrogen) atoms. The summed E-state index contributed by atoms with van der Waals surface area (Å²) < 4.78 is 0.958. The van der Waals surface area contributed by atoms with Gasteiger partial charge in [0.15, 0.2) is 0 Å². The minimum absolute atomic E-state index is 0.124. The number of aromatic amines is 1. The van der Waals surface area contributed by atoms with Gasteiger partial charge in [-0.15, -0.1) is 0 Å². The third kappa shape index (κ3) is 14.3. The van der Waals surface area contributed by atoms with E-state index in [9.17, 15) is 4.79 Å². The summed E-state index contributed by atoms with van der Waals surface area (Å²) in [5.41, 5.74) is 24.8. The van der Waals surface area contributed by atoms with Crippen LogP contribution in [0.3, 0.4) is 0 Å². The highest BCUT2D eigenvalue weighted by molar-refractivity contribution is 6.31. The lowest BCUT2D eigenvalue weighted by molar-refractivity contribution is 0.190. The molecule has 0 atom stereocenters. The van der Waals surface area contributed by atoms with E-state index in [4.69, 9.17) is 51.2 Å². The van der Waals surface area contributed by atoms with E-state index >= 15 is 0 Å². The van der Waals surface area contributed by atoms with Crippen LogP contribution in [0.4, 0.5) is 16.2 Å². The molecule has 0 amide bonds. The summed E-state index contributed by atoms with van der Waals surface area (Å²) in [6.07, 6.45) is 5.65. The molecule has 16 heteroatoms. The third-order valence-corrected chi connectivity index (χ3v) is 5.46. The number of guanidine groups is 4. The Balaban J connectivity index is 0.000000729. The number of nitrogens with two attached hydrogens (primary N) is 4. The summed E-state index contributed by atoms with van der Waals surface area (Å²) in [6.45, 7) is 1.12. The quantitative estimate of drug-likeness (QED) is 0.101. The van der Waals surface area contributed by atoms with Gasteiger partial charge in [0.05, 0.1) is 6.20 Å². The molecule has 2 aromatic carbocycles. The number of carbonyl (C=O) groups is 1. The van der Waals surface area contributed by atoms with Crippen LogP contribution in [-0.2, 0) is 0 Å². The van der Waals surface area contributed by atoms with Crippen LogP contribution in [0, 0.1) is 0 Å². The van der Waals surface area contributed by atoms with Crippen molar-refractivity contribution in [2.45, 2.75) is 25.7 Å². The van der Waals surface area contributed by atoms with Gasteiger partial charge in [0, 0.05) is 40.7 Å². The van der Waals surface area contributed by atoms with E-state index in [2.05, 4.69) is 35.7 Å². The Kier molecular flexibility index (Phi) is 14.1. The van der Waals surface area contributed by atoms with Gasteiger partial charge in [0.2, 0.25) is 23.8 Å². The first-order chi connectivity index (χ1) is 19.6. The maximum atomic E-state index is 9.79. The molecule has 220 valence electrons. The Morgan fingerprint density at radius 2 is 1.15 bits per heavy atom. The lowest BCUT2D eigenvalue weighted by Crippen LogP contribution is -2.26. The van der Waals surface area contributed by atoms with Crippen LogP contribution in [0.2, 0.25) is 10.0 Å². The third-order valence-electron chi connectivity index (χ3n) is 4.96. The van der Waals surface area contributed by atoms with E-state index in [1.165, 1.54) is 12.4 Å². The van der Waals surface area contributed by atoms with Crippen LogP contribution in [0.5, 0.6) is 0 Å². The zero-order valence-corrected chi connectivity index (χ0v) is 23.7. The molecule has 1 aromatic heterocycles. The predicted octanol–water partition coefficient (Wildman–Crippen LogP) is 3.68. The van der Waals surface area contributed by atoms with Gasteiger partial charge in [-0.25, -0.2) is 4.79 Å². The molecule has 3 rings (SSSR count). The number of halogens is 2. The number of hydrogen-bond donors (Lipinski definition) is 8. The Hall–Kier alpha value is -4.69. The highest BCUT2D eigenvalue weighted by Crippen LogP contribution is 2.13. The highest BCUT2D eigenvalue weighted by atomic mass is 35.5. The minimum Gasteiger partial charge on any atom is -0.463 e. The molecule has 0 aliphatic heterocycles. The number of aromatic nitrogens is 2. The van der Waals surface area contributed by atoms with E-state index in [0.717, 1.165) is 41.7 Å². The Bertz CT molecular complexity index is 1240. The van der Waals surface area contributed by atoms with E-state index < -0.39 is 6.09 Å². The number of benzene rings is 2. The molecule has 0 aliphatic carbocycles. The van der Waals surface area contributed by atoms with Crippen molar-refractivity contribution in [1.29, 1.82) is 0 Å². The maximum Gasteiger partial charge on any atom is 0.430 e. The van der Waals surface area contributed by atoms with Crippen molar-refractivity contribution >= 4 is 64.5 Å². The molecule has 0 unspecified atom stereocenters. The van der Waals surface area contributed by atoms with Crippen molar-refractivity contribution in [3.05, 3.63) is 71.0 Å². The van der Waals surface area contributed by atoms with E-state index in [-0.39, 0.29) is 23.8 Å². The molecule has 0 fully saturated rings.